The summed E-state index contributed by atoms with van der Waals surface area (Å²) >= 11 is 0. The molecule has 2 aromatic carbocycles. The van der Waals surface area contributed by atoms with Crippen molar-refractivity contribution in [1.82, 2.24) is 14.6 Å². The molecule has 4 rings (SSSR count). The molecule has 0 radical (unpaired) electrons. The van der Waals surface area contributed by atoms with Gasteiger partial charge in [0.05, 0.1) is 47.4 Å². The molecular weight excluding hydrogens is 454 g/mol. The van der Waals surface area contributed by atoms with Crippen LogP contribution in [0.3, 0.4) is 0 Å². The fraction of sp³-hybridized carbons (Fsp3) is 0.208. The molecule has 0 aliphatic heterocycles. The van der Waals surface area contributed by atoms with Gasteiger partial charge in [0.1, 0.15) is 11.6 Å². The zero-order chi connectivity index (χ0) is 25.1. The van der Waals surface area contributed by atoms with Gasteiger partial charge in [-0.05, 0) is 24.3 Å². The summed E-state index contributed by atoms with van der Waals surface area (Å²) < 4.78 is 28.3. The normalized spacial score (nSPS) is 10.5. The van der Waals surface area contributed by atoms with Crippen LogP contribution in [0.4, 0.5) is 5.69 Å². The number of hydrogen-bond donors (Lipinski definition) is 2. The quantitative estimate of drug-likeness (QED) is 0.394. The smallest absolute Gasteiger partial charge is 0.276 e. The molecular formula is C24H23N5O6. The Morgan fingerprint density at radius 2 is 1.60 bits per heavy atom. The summed E-state index contributed by atoms with van der Waals surface area (Å²) in [5.41, 5.74) is 2.27. The number of nitriles is 1. The first-order valence-electron chi connectivity index (χ1n) is 10.3. The number of imidazole rings is 1. The molecule has 0 fully saturated rings. The molecule has 0 spiro atoms. The van der Waals surface area contributed by atoms with Crippen molar-refractivity contribution in [3.05, 3.63) is 47.8 Å². The molecule has 2 N–H and O–H groups in total. The van der Waals surface area contributed by atoms with Gasteiger partial charge in [0.15, 0.2) is 34.3 Å². The second-order valence-corrected chi connectivity index (χ2v) is 7.22. The molecule has 0 bridgehead atoms. The SMILES string of the molecule is COc1ccc(NC(=O)c2c(-c3cc(OC)c(OC)c(OC)c3)[nH]c3c(C#N)cnn23)cc1OC. The number of ether oxygens (including phenoxy) is 5. The number of nitrogens with zero attached hydrogens (tertiary/aromatic N) is 3. The zero-order valence-electron chi connectivity index (χ0n) is 19.8. The minimum absolute atomic E-state index is 0.172. The van der Waals surface area contributed by atoms with E-state index in [0.29, 0.717) is 51.3 Å². The number of carbonyl (C=O) groups is 1. The molecule has 0 unspecified atom stereocenters. The van der Waals surface area contributed by atoms with Crippen molar-refractivity contribution in [2.75, 3.05) is 40.9 Å². The molecule has 0 aliphatic rings. The monoisotopic (exact) mass is 477 g/mol. The Morgan fingerprint density at radius 1 is 0.943 bits per heavy atom. The maximum absolute atomic E-state index is 13.5. The number of fused-ring (bicyclic) bond motifs is 1. The summed E-state index contributed by atoms with van der Waals surface area (Å²) in [7, 11) is 7.54. The number of hydrogen-bond acceptors (Lipinski definition) is 8. The minimum atomic E-state index is -0.472. The number of nitrogens with one attached hydrogen (secondary N) is 2. The largest absolute Gasteiger partial charge is 0.493 e. The molecule has 2 heterocycles. The Hall–Kier alpha value is -4.85. The lowest BCUT2D eigenvalue weighted by atomic mass is 10.1. The Labute approximate surface area is 200 Å². The summed E-state index contributed by atoms with van der Waals surface area (Å²) in [6.07, 6.45) is 1.39. The maximum Gasteiger partial charge on any atom is 0.276 e. The van der Waals surface area contributed by atoms with Gasteiger partial charge in [-0.15, -0.1) is 0 Å². The van der Waals surface area contributed by atoms with Crippen molar-refractivity contribution in [3.8, 4) is 46.1 Å². The third kappa shape index (κ3) is 4.02. The number of rotatable bonds is 8. The molecule has 180 valence electrons. The van der Waals surface area contributed by atoms with Crippen LogP contribution in [-0.4, -0.2) is 56.1 Å². The summed E-state index contributed by atoms with van der Waals surface area (Å²) in [4.78, 5) is 16.7. The van der Waals surface area contributed by atoms with Crippen molar-refractivity contribution in [2.45, 2.75) is 0 Å². The highest BCUT2D eigenvalue weighted by molar-refractivity contribution is 6.08. The van der Waals surface area contributed by atoms with E-state index in [-0.39, 0.29) is 11.3 Å². The fourth-order valence-corrected chi connectivity index (χ4v) is 3.75. The first-order valence-corrected chi connectivity index (χ1v) is 10.3. The zero-order valence-corrected chi connectivity index (χ0v) is 19.8. The minimum Gasteiger partial charge on any atom is -0.493 e. The van der Waals surface area contributed by atoms with Crippen LogP contribution in [0, 0.1) is 11.3 Å². The van der Waals surface area contributed by atoms with Crippen molar-refractivity contribution in [2.24, 2.45) is 0 Å². The van der Waals surface area contributed by atoms with Gasteiger partial charge in [-0.1, -0.05) is 0 Å². The van der Waals surface area contributed by atoms with E-state index < -0.39 is 5.91 Å². The Morgan fingerprint density at radius 3 is 2.17 bits per heavy atom. The van der Waals surface area contributed by atoms with Gasteiger partial charge >= 0.3 is 0 Å². The lowest BCUT2D eigenvalue weighted by Crippen LogP contribution is -2.16. The highest BCUT2D eigenvalue weighted by Gasteiger charge is 2.25. The van der Waals surface area contributed by atoms with E-state index >= 15 is 0 Å². The van der Waals surface area contributed by atoms with Crippen LogP contribution in [0.1, 0.15) is 16.1 Å². The molecule has 1 amide bonds. The number of amides is 1. The van der Waals surface area contributed by atoms with Gasteiger partial charge in [0.2, 0.25) is 5.75 Å². The number of methoxy groups -OCH3 is 5. The molecule has 11 nitrogen and oxygen atoms in total. The standard InChI is InChI=1S/C24H23N5O6/c1-31-16-7-6-15(10-17(16)32-2)27-24(30)21-20(28-23-14(11-25)12-26-29(21)23)13-8-18(33-3)22(35-5)19(9-13)34-4/h6-10,12,28H,1-5H3,(H,27,30). The molecule has 2 aromatic heterocycles. The van der Waals surface area contributed by atoms with E-state index in [1.807, 2.05) is 0 Å². The first kappa shape index (κ1) is 23.3. The van der Waals surface area contributed by atoms with Crippen LogP contribution < -0.4 is 29.0 Å². The predicted molar refractivity (Wildman–Crippen MR) is 127 cm³/mol. The van der Waals surface area contributed by atoms with Gasteiger partial charge in [0.25, 0.3) is 5.91 Å². The first-order chi connectivity index (χ1) is 17.0. The lowest BCUT2D eigenvalue weighted by Gasteiger charge is -2.14. The highest BCUT2D eigenvalue weighted by atomic mass is 16.5. The topological polar surface area (TPSA) is 132 Å². The number of benzene rings is 2. The van der Waals surface area contributed by atoms with Crippen molar-refractivity contribution < 1.29 is 28.5 Å². The van der Waals surface area contributed by atoms with Gasteiger partial charge in [-0.2, -0.15) is 10.4 Å². The molecule has 4 aromatic rings. The maximum atomic E-state index is 13.5. The van der Waals surface area contributed by atoms with Crippen LogP contribution in [0.25, 0.3) is 16.9 Å². The Kier molecular flexibility index (Phi) is 6.37. The van der Waals surface area contributed by atoms with E-state index in [4.69, 9.17) is 23.7 Å². The van der Waals surface area contributed by atoms with Crippen LogP contribution in [-0.2, 0) is 0 Å². The van der Waals surface area contributed by atoms with E-state index in [2.05, 4.69) is 21.5 Å². The van der Waals surface area contributed by atoms with Gasteiger partial charge in [-0.25, -0.2) is 4.52 Å². The van der Waals surface area contributed by atoms with Gasteiger partial charge in [0, 0.05) is 17.3 Å². The van der Waals surface area contributed by atoms with E-state index in [1.165, 1.54) is 46.3 Å². The van der Waals surface area contributed by atoms with E-state index in [0.717, 1.165) is 0 Å². The average molecular weight is 477 g/mol. The van der Waals surface area contributed by atoms with E-state index in [1.54, 1.807) is 30.3 Å². The van der Waals surface area contributed by atoms with Crippen LogP contribution in [0.15, 0.2) is 36.5 Å². The Bertz CT molecular complexity index is 1420. The number of H-pyrrole nitrogens is 1. The fourth-order valence-electron chi connectivity index (χ4n) is 3.75. The second-order valence-electron chi connectivity index (χ2n) is 7.22. The molecule has 0 aliphatic carbocycles. The average Bonchev–Trinajstić information content (AvgIpc) is 3.46. The number of aromatic amines is 1. The molecule has 0 saturated heterocycles. The summed E-state index contributed by atoms with van der Waals surface area (Å²) in [6.45, 7) is 0. The molecule has 0 saturated carbocycles. The van der Waals surface area contributed by atoms with Crippen LogP contribution in [0.2, 0.25) is 0 Å². The van der Waals surface area contributed by atoms with Gasteiger partial charge in [-0.3, -0.25) is 4.79 Å². The van der Waals surface area contributed by atoms with Crippen LogP contribution in [0.5, 0.6) is 28.7 Å². The Balaban J connectivity index is 1.87. The molecule has 35 heavy (non-hydrogen) atoms. The third-order valence-electron chi connectivity index (χ3n) is 5.39. The van der Waals surface area contributed by atoms with E-state index in [9.17, 15) is 10.1 Å². The highest BCUT2D eigenvalue weighted by Crippen LogP contribution is 2.42. The third-order valence-corrected chi connectivity index (χ3v) is 5.39. The summed E-state index contributed by atoms with van der Waals surface area (Å²) in [5.74, 6) is 1.73. The van der Waals surface area contributed by atoms with Crippen molar-refractivity contribution in [3.63, 3.8) is 0 Å². The van der Waals surface area contributed by atoms with Crippen molar-refractivity contribution >= 4 is 17.2 Å². The second kappa shape index (κ2) is 9.56. The molecule has 11 heteroatoms. The number of aromatic nitrogens is 3. The summed E-state index contributed by atoms with van der Waals surface area (Å²) in [5, 5.41) is 16.6. The van der Waals surface area contributed by atoms with Gasteiger partial charge < -0.3 is 34.0 Å². The predicted octanol–water partition coefficient (Wildman–Crippen LogP) is 3.50. The van der Waals surface area contributed by atoms with Crippen molar-refractivity contribution in [1.29, 1.82) is 5.26 Å². The van der Waals surface area contributed by atoms with Crippen LogP contribution >= 0.6 is 0 Å². The molecule has 0 atom stereocenters. The lowest BCUT2D eigenvalue weighted by molar-refractivity contribution is 0.102. The summed E-state index contributed by atoms with van der Waals surface area (Å²) in [6, 6.07) is 10.5. The number of anilines is 1. The number of carbonyl (C=O) groups excluding carboxylic acids is 1.